The highest BCUT2D eigenvalue weighted by Crippen LogP contribution is 2.45. The molecule has 0 radical (unpaired) electrons. The molecular weight excluding hydrogens is 333 g/mol. The number of esters is 1. The second kappa shape index (κ2) is 6.68. The van der Waals surface area contributed by atoms with Gasteiger partial charge in [0.15, 0.2) is 0 Å². The van der Waals surface area contributed by atoms with Gasteiger partial charge in [-0.15, -0.1) is 0 Å². The zero-order valence-corrected chi connectivity index (χ0v) is 14.9. The maximum absolute atomic E-state index is 13.7. The second-order valence-corrected chi connectivity index (χ2v) is 7.13. The number of aromatic nitrogens is 1. The van der Waals surface area contributed by atoms with Gasteiger partial charge >= 0.3 is 5.97 Å². The van der Waals surface area contributed by atoms with E-state index in [-0.39, 0.29) is 17.8 Å². The lowest BCUT2D eigenvalue weighted by Crippen LogP contribution is -2.30. The number of ether oxygens (including phenoxy) is 1. The number of likely N-dealkylation sites (tertiary alicyclic amines) is 1. The Hall–Kier alpha value is -2.47. The average molecular weight is 355 g/mol. The van der Waals surface area contributed by atoms with Crippen LogP contribution < -0.4 is 4.90 Å². The van der Waals surface area contributed by atoms with Crippen molar-refractivity contribution in [2.24, 2.45) is 11.8 Å². The Morgan fingerprint density at radius 2 is 2.08 bits per heavy atom. The quantitative estimate of drug-likeness (QED) is 0.793. The average Bonchev–Trinajstić information content (AvgIpc) is 3.17. The summed E-state index contributed by atoms with van der Waals surface area (Å²) in [5.41, 5.74) is 1.50. The number of hydrogen-bond acceptors (Lipinski definition) is 5. The van der Waals surface area contributed by atoms with E-state index in [0.29, 0.717) is 23.2 Å². The molecule has 0 amide bonds. The standard InChI is InChI=1S/C20H22FN3O2/c1-23-10-14-11-24(19-16(20(25)26-2)7-4-8-22-19)12-17(14)18(23)13-5-3-6-15(21)9-13/h3-9,14,17-18H,10-12H2,1-2H3/t14-,17+,18-/m0/s1. The van der Waals surface area contributed by atoms with Gasteiger partial charge in [0.25, 0.3) is 0 Å². The van der Waals surface area contributed by atoms with E-state index in [1.165, 1.54) is 13.2 Å². The molecule has 4 rings (SSSR count). The number of carbonyl (C=O) groups excluding carboxylic acids is 1. The predicted molar refractivity (Wildman–Crippen MR) is 96.5 cm³/mol. The number of fused-ring (bicyclic) bond motifs is 1. The topological polar surface area (TPSA) is 45.7 Å². The minimum Gasteiger partial charge on any atom is -0.465 e. The summed E-state index contributed by atoms with van der Waals surface area (Å²) in [6.07, 6.45) is 1.70. The molecule has 3 atom stereocenters. The fourth-order valence-electron chi connectivity index (χ4n) is 4.54. The van der Waals surface area contributed by atoms with E-state index in [0.717, 1.165) is 25.2 Å². The summed E-state index contributed by atoms with van der Waals surface area (Å²) in [5, 5.41) is 0. The summed E-state index contributed by atoms with van der Waals surface area (Å²) in [6.45, 7) is 2.57. The van der Waals surface area contributed by atoms with Gasteiger partial charge in [-0.1, -0.05) is 12.1 Å². The van der Waals surface area contributed by atoms with Crippen LogP contribution in [0.3, 0.4) is 0 Å². The number of rotatable bonds is 3. The van der Waals surface area contributed by atoms with Gasteiger partial charge in [-0.25, -0.2) is 14.2 Å². The largest absolute Gasteiger partial charge is 0.465 e. The van der Waals surface area contributed by atoms with Gasteiger partial charge in [0.1, 0.15) is 17.2 Å². The number of anilines is 1. The van der Waals surface area contributed by atoms with Crippen LogP contribution in [0.1, 0.15) is 22.0 Å². The van der Waals surface area contributed by atoms with Crippen LogP contribution in [0.25, 0.3) is 0 Å². The SMILES string of the molecule is COC(=O)c1cccnc1N1C[C@@H]2CN(C)[C@@H](c3cccc(F)c3)[C@@H]2C1. The summed E-state index contributed by atoms with van der Waals surface area (Å²) < 4.78 is 18.6. The molecule has 2 aliphatic rings. The second-order valence-electron chi connectivity index (χ2n) is 7.13. The maximum Gasteiger partial charge on any atom is 0.341 e. The van der Waals surface area contributed by atoms with E-state index >= 15 is 0 Å². The van der Waals surface area contributed by atoms with Crippen molar-refractivity contribution in [3.8, 4) is 0 Å². The van der Waals surface area contributed by atoms with Crippen LogP contribution >= 0.6 is 0 Å². The van der Waals surface area contributed by atoms with Crippen molar-refractivity contribution in [2.45, 2.75) is 6.04 Å². The molecule has 0 N–H and O–H groups in total. The van der Waals surface area contributed by atoms with Gasteiger partial charge in [-0.2, -0.15) is 0 Å². The predicted octanol–water partition coefficient (Wildman–Crippen LogP) is 2.75. The molecule has 2 saturated heterocycles. The van der Waals surface area contributed by atoms with Crippen LogP contribution in [-0.2, 0) is 4.74 Å². The number of carbonyl (C=O) groups is 1. The van der Waals surface area contributed by atoms with Crippen molar-refractivity contribution < 1.29 is 13.9 Å². The van der Waals surface area contributed by atoms with Gasteiger partial charge in [-0.05, 0) is 42.8 Å². The molecule has 3 heterocycles. The normalized spacial score (nSPS) is 25.3. The minimum absolute atomic E-state index is 0.172. The monoisotopic (exact) mass is 355 g/mol. The van der Waals surface area contributed by atoms with E-state index in [2.05, 4.69) is 21.8 Å². The minimum atomic E-state index is -0.371. The molecule has 0 spiro atoms. The summed E-state index contributed by atoms with van der Waals surface area (Å²) in [5.74, 6) is 0.931. The third-order valence-electron chi connectivity index (χ3n) is 5.58. The van der Waals surface area contributed by atoms with Crippen LogP contribution in [0.5, 0.6) is 0 Å². The Morgan fingerprint density at radius 3 is 2.85 bits per heavy atom. The Kier molecular flexibility index (Phi) is 4.36. The van der Waals surface area contributed by atoms with Gasteiger partial charge in [0.05, 0.1) is 7.11 Å². The third-order valence-corrected chi connectivity index (χ3v) is 5.58. The van der Waals surface area contributed by atoms with E-state index in [1.54, 1.807) is 30.5 Å². The first-order valence-corrected chi connectivity index (χ1v) is 8.82. The molecule has 5 nitrogen and oxygen atoms in total. The highest BCUT2D eigenvalue weighted by atomic mass is 19.1. The molecule has 1 aromatic carbocycles. The van der Waals surface area contributed by atoms with Crippen molar-refractivity contribution in [2.75, 3.05) is 38.7 Å². The van der Waals surface area contributed by atoms with Crippen molar-refractivity contribution in [3.05, 3.63) is 59.5 Å². The van der Waals surface area contributed by atoms with E-state index in [4.69, 9.17) is 4.74 Å². The maximum atomic E-state index is 13.7. The van der Waals surface area contributed by atoms with E-state index in [9.17, 15) is 9.18 Å². The summed E-state index contributed by atoms with van der Waals surface area (Å²) in [7, 11) is 3.48. The van der Waals surface area contributed by atoms with Gasteiger partial charge in [-0.3, -0.25) is 4.90 Å². The number of nitrogens with zero attached hydrogens (tertiary/aromatic N) is 3. The number of pyridine rings is 1. The molecule has 2 aliphatic heterocycles. The molecule has 0 aliphatic carbocycles. The van der Waals surface area contributed by atoms with Gasteiger partial charge in [0, 0.05) is 37.8 Å². The van der Waals surface area contributed by atoms with Gasteiger partial charge in [0.2, 0.25) is 0 Å². The van der Waals surface area contributed by atoms with Crippen molar-refractivity contribution in [1.29, 1.82) is 0 Å². The van der Waals surface area contributed by atoms with Crippen molar-refractivity contribution >= 4 is 11.8 Å². The van der Waals surface area contributed by atoms with E-state index < -0.39 is 0 Å². The molecule has 1 aromatic heterocycles. The highest BCUT2D eigenvalue weighted by molar-refractivity contribution is 5.94. The Labute approximate surface area is 152 Å². The lowest BCUT2D eigenvalue weighted by atomic mass is 9.89. The third kappa shape index (κ3) is 2.84. The number of halogens is 1. The first-order chi connectivity index (χ1) is 12.6. The Balaban J connectivity index is 1.62. The lowest BCUT2D eigenvalue weighted by molar-refractivity contribution is 0.0601. The molecule has 0 unspecified atom stereocenters. The van der Waals surface area contributed by atoms with Crippen molar-refractivity contribution in [3.63, 3.8) is 0 Å². The molecular formula is C20H22FN3O2. The van der Waals surface area contributed by atoms with Crippen LogP contribution in [-0.4, -0.2) is 49.6 Å². The Bertz CT molecular complexity index is 828. The lowest BCUT2D eigenvalue weighted by Gasteiger charge is -2.27. The Morgan fingerprint density at radius 1 is 1.23 bits per heavy atom. The first-order valence-electron chi connectivity index (χ1n) is 8.82. The summed E-state index contributed by atoms with van der Waals surface area (Å²) >= 11 is 0. The molecule has 0 saturated carbocycles. The van der Waals surface area contributed by atoms with Crippen LogP contribution in [0.2, 0.25) is 0 Å². The fraction of sp³-hybridized carbons (Fsp3) is 0.400. The van der Waals surface area contributed by atoms with Crippen molar-refractivity contribution in [1.82, 2.24) is 9.88 Å². The van der Waals surface area contributed by atoms with Crippen LogP contribution in [0.4, 0.5) is 10.2 Å². The molecule has 2 aromatic rings. The zero-order valence-electron chi connectivity index (χ0n) is 14.9. The fourth-order valence-corrected chi connectivity index (χ4v) is 4.54. The molecule has 2 fully saturated rings. The first kappa shape index (κ1) is 17.0. The van der Waals surface area contributed by atoms with Crippen LogP contribution in [0, 0.1) is 17.7 Å². The summed E-state index contributed by atoms with van der Waals surface area (Å²) in [6, 6.07) is 10.5. The molecule has 0 bridgehead atoms. The smallest absolute Gasteiger partial charge is 0.341 e. The van der Waals surface area contributed by atoms with Gasteiger partial charge < -0.3 is 9.64 Å². The number of benzene rings is 1. The molecule has 136 valence electrons. The number of hydrogen-bond donors (Lipinski definition) is 0. The number of methoxy groups -OCH3 is 1. The molecule has 26 heavy (non-hydrogen) atoms. The molecule has 6 heteroatoms. The highest BCUT2D eigenvalue weighted by Gasteiger charge is 2.47. The van der Waals surface area contributed by atoms with E-state index in [1.807, 2.05) is 6.07 Å². The zero-order chi connectivity index (χ0) is 18.3. The summed E-state index contributed by atoms with van der Waals surface area (Å²) in [4.78, 5) is 21.0. The van der Waals surface area contributed by atoms with Crippen LogP contribution in [0.15, 0.2) is 42.6 Å².